The Labute approximate surface area is 173 Å². The van der Waals surface area contributed by atoms with Crippen LogP contribution < -0.4 is 10.1 Å². The highest BCUT2D eigenvalue weighted by Gasteiger charge is 2.25. The maximum Gasteiger partial charge on any atom is 0.254 e. The number of carbonyl (C=O) groups is 1. The number of aromatic nitrogens is 2. The molecule has 0 radical (unpaired) electrons. The zero-order valence-corrected chi connectivity index (χ0v) is 17.3. The molecule has 146 valence electrons. The van der Waals surface area contributed by atoms with Crippen LogP contribution in [0.25, 0.3) is 0 Å². The summed E-state index contributed by atoms with van der Waals surface area (Å²) in [6.45, 7) is 1.86. The van der Waals surface area contributed by atoms with Gasteiger partial charge < -0.3 is 10.1 Å². The van der Waals surface area contributed by atoms with E-state index in [1.54, 1.807) is 24.5 Å². The Balaban J connectivity index is 1.52. The molecule has 1 saturated carbocycles. The lowest BCUT2D eigenvalue weighted by molar-refractivity contribution is 0.0892. The van der Waals surface area contributed by atoms with Crippen LogP contribution in [0.2, 0.25) is 5.02 Å². The number of nitrogens with zero attached hydrogens (tertiary/aromatic N) is 3. The average molecular weight is 417 g/mol. The lowest BCUT2D eigenvalue weighted by atomic mass is 9.92. The van der Waals surface area contributed by atoms with Gasteiger partial charge in [0.25, 0.3) is 5.91 Å². The molecule has 0 spiro atoms. The third-order valence-corrected chi connectivity index (χ3v) is 5.90. The van der Waals surface area contributed by atoms with Crippen molar-refractivity contribution in [2.75, 3.05) is 6.26 Å². The summed E-state index contributed by atoms with van der Waals surface area (Å²) in [5.41, 5.74) is 1.70. The Morgan fingerprint density at radius 2 is 1.96 bits per heavy atom. The van der Waals surface area contributed by atoms with Gasteiger partial charge in [-0.05, 0) is 51.0 Å². The van der Waals surface area contributed by atoms with Crippen LogP contribution in [0.1, 0.15) is 47.2 Å². The first-order valence-electron chi connectivity index (χ1n) is 9.04. The molecule has 0 bridgehead atoms. The summed E-state index contributed by atoms with van der Waals surface area (Å²) in [6.07, 6.45) is 8.42. The van der Waals surface area contributed by atoms with Crippen LogP contribution in [0.3, 0.4) is 0 Å². The lowest BCUT2D eigenvalue weighted by Gasteiger charge is -2.30. The number of thioether (sulfide) groups is 1. The van der Waals surface area contributed by atoms with Crippen LogP contribution in [-0.2, 0) is 0 Å². The summed E-state index contributed by atoms with van der Waals surface area (Å²) in [6, 6.07) is 5.66. The van der Waals surface area contributed by atoms with Crippen LogP contribution in [0.15, 0.2) is 29.7 Å². The number of nitriles is 1. The number of hydrogen-bond donors (Lipinski definition) is 1. The van der Waals surface area contributed by atoms with E-state index >= 15 is 0 Å². The summed E-state index contributed by atoms with van der Waals surface area (Å²) in [5, 5.41) is 13.2. The van der Waals surface area contributed by atoms with Crippen molar-refractivity contribution in [3.8, 4) is 11.8 Å². The standard InChI is InChI=1S/C20H21ClN4O2S/c1-12-17(8-3-13(9-22)18(12)21)27-16-6-4-15(5-7-16)25-19(26)14-10-23-20(28-2)24-11-14/h3,8,10-11,15-16H,4-7H2,1-2H3,(H,25,26). The van der Waals surface area contributed by atoms with E-state index in [0.717, 1.165) is 31.2 Å². The van der Waals surface area contributed by atoms with Gasteiger partial charge in [0.2, 0.25) is 0 Å². The molecular formula is C20H21ClN4O2S. The molecule has 1 aliphatic carbocycles. The average Bonchev–Trinajstić information content (AvgIpc) is 2.73. The molecule has 1 heterocycles. The highest BCUT2D eigenvalue weighted by molar-refractivity contribution is 7.98. The monoisotopic (exact) mass is 416 g/mol. The van der Waals surface area contributed by atoms with Gasteiger partial charge in [-0.15, -0.1) is 0 Å². The summed E-state index contributed by atoms with van der Waals surface area (Å²) in [4.78, 5) is 20.6. The minimum Gasteiger partial charge on any atom is -0.490 e. The number of rotatable bonds is 5. The SMILES string of the molecule is CSc1ncc(C(=O)NC2CCC(Oc3ccc(C#N)c(Cl)c3C)CC2)cn1. The summed E-state index contributed by atoms with van der Waals surface area (Å²) in [7, 11) is 0. The van der Waals surface area contributed by atoms with Crippen molar-refractivity contribution in [2.45, 2.75) is 49.9 Å². The minimum atomic E-state index is -0.147. The molecule has 1 aliphatic rings. The lowest BCUT2D eigenvalue weighted by Crippen LogP contribution is -2.39. The molecule has 28 heavy (non-hydrogen) atoms. The minimum absolute atomic E-state index is 0.0695. The summed E-state index contributed by atoms with van der Waals surface area (Å²) < 4.78 is 6.10. The molecule has 0 unspecified atom stereocenters. The van der Waals surface area contributed by atoms with E-state index in [9.17, 15) is 4.79 Å². The number of carbonyl (C=O) groups excluding carboxylic acids is 1. The summed E-state index contributed by atoms with van der Waals surface area (Å²) in [5.74, 6) is 0.564. The molecule has 0 atom stereocenters. The quantitative estimate of drug-likeness (QED) is 0.581. The van der Waals surface area contributed by atoms with E-state index < -0.39 is 0 Å². The summed E-state index contributed by atoms with van der Waals surface area (Å²) >= 11 is 7.65. The molecule has 0 aliphatic heterocycles. The Bertz CT molecular complexity index is 890. The van der Waals surface area contributed by atoms with Gasteiger partial charge in [0, 0.05) is 24.0 Å². The Morgan fingerprint density at radius 1 is 1.29 bits per heavy atom. The topological polar surface area (TPSA) is 87.9 Å². The van der Waals surface area contributed by atoms with Crippen LogP contribution in [0.5, 0.6) is 5.75 Å². The first kappa shape index (κ1) is 20.4. The number of amides is 1. The van der Waals surface area contributed by atoms with Gasteiger partial charge in [0.05, 0.1) is 22.3 Å². The number of hydrogen-bond acceptors (Lipinski definition) is 6. The van der Waals surface area contributed by atoms with Crippen molar-refractivity contribution in [3.63, 3.8) is 0 Å². The number of ether oxygens (including phenoxy) is 1. The molecule has 1 N–H and O–H groups in total. The second-order valence-corrected chi connectivity index (χ2v) is 7.84. The van der Waals surface area contributed by atoms with Gasteiger partial charge in [0.15, 0.2) is 5.16 Å². The molecule has 1 aromatic heterocycles. The van der Waals surface area contributed by atoms with Crippen LogP contribution in [0, 0.1) is 18.3 Å². The third kappa shape index (κ3) is 4.75. The maximum absolute atomic E-state index is 12.4. The van der Waals surface area contributed by atoms with Crippen molar-refractivity contribution < 1.29 is 9.53 Å². The van der Waals surface area contributed by atoms with Gasteiger partial charge in [-0.2, -0.15) is 5.26 Å². The second kappa shape index (κ2) is 9.26. The van der Waals surface area contributed by atoms with Gasteiger partial charge in [-0.25, -0.2) is 9.97 Å². The Morgan fingerprint density at radius 3 is 2.57 bits per heavy atom. The Kier molecular flexibility index (Phi) is 6.76. The van der Waals surface area contributed by atoms with Crippen molar-refractivity contribution in [1.82, 2.24) is 15.3 Å². The normalized spacial score (nSPS) is 18.9. The largest absolute Gasteiger partial charge is 0.490 e. The predicted octanol–water partition coefficient (Wildman–Crippen LogP) is 4.15. The predicted molar refractivity (Wildman–Crippen MR) is 109 cm³/mol. The molecule has 1 amide bonds. The fourth-order valence-corrected chi connectivity index (χ4v) is 3.71. The first-order chi connectivity index (χ1) is 13.5. The van der Waals surface area contributed by atoms with Gasteiger partial charge in [-0.1, -0.05) is 23.4 Å². The molecular weight excluding hydrogens is 396 g/mol. The number of benzene rings is 1. The van der Waals surface area contributed by atoms with Crippen LogP contribution in [-0.4, -0.2) is 34.3 Å². The van der Waals surface area contributed by atoms with Gasteiger partial charge in [-0.3, -0.25) is 4.79 Å². The van der Waals surface area contributed by atoms with Gasteiger partial charge in [0.1, 0.15) is 11.8 Å². The smallest absolute Gasteiger partial charge is 0.254 e. The van der Waals surface area contributed by atoms with Crippen molar-refractivity contribution >= 4 is 29.3 Å². The number of halogens is 1. The van der Waals surface area contributed by atoms with Crippen LogP contribution >= 0.6 is 23.4 Å². The molecule has 1 fully saturated rings. The van der Waals surface area contributed by atoms with E-state index in [2.05, 4.69) is 21.4 Å². The van der Waals surface area contributed by atoms with Crippen LogP contribution in [0.4, 0.5) is 0 Å². The zero-order valence-electron chi connectivity index (χ0n) is 15.7. The molecule has 0 saturated heterocycles. The molecule has 8 heteroatoms. The third-order valence-electron chi connectivity index (χ3n) is 4.83. The van der Waals surface area contributed by atoms with E-state index in [-0.39, 0.29) is 18.1 Å². The molecule has 6 nitrogen and oxygen atoms in total. The molecule has 1 aromatic carbocycles. The van der Waals surface area contributed by atoms with Crippen molar-refractivity contribution in [1.29, 1.82) is 5.26 Å². The van der Waals surface area contributed by atoms with Gasteiger partial charge >= 0.3 is 0 Å². The first-order valence-corrected chi connectivity index (χ1v) is 10.6. The molecule has 3 rings (SSSR count). The van der Waals surface area contributed by atoms with E-state index in [0.29, 0.717) is 27.1 Å². The Hall–Kier alpha value is -2.30. The number of nitrogens with one attached hydrogen (secondary N) is 1. The van der Waals surface area contributed by atoms with Crippen molar-refractivity contribution in [2.24, 2.45) is 0 Å². The fourth-order valence-electron chi connectivity index (χ4n) is 3.19. The fraction of sp³-hybridized carbons (Fsp3) is 0.400. The zero-order chi connectivity index (χ0) is 20.1. The maximum atomic E-state index is 12.4. The second-order valence-electron chi connectivity index (χ2n) is 6.69. The van der Waals surface area contributed by atoms with E-state index in [4.69, 9.17) is 21.6 Å². The highest BCUT2D eigenvalue weighted by Crippen LogP contribution is 2.31. The van der Waals surface area contributed by atoms with E-state index in [1.165, 1.54) is 11.8 Å². The highest BCUT2D eigenvalue weighted by atomic mass is 35.5. The van der Waals surface area contributed by atoms with Crippen molar-refractivity contribution in [3.05, 3.63) is 46.2 Å². The molecule has 2 aromatic rings. The van der Waals surface area contributed by atoms with E-state index in [1.807, 2.05) is 13.2 Å².